The van der Waals surface area contributed by atoms with Crippen molar-refractivity contribution in [1.82, 2.24) is 10.2 Å². The molecule has 1 aliphatic carbocycles. The first kappa shape index (κ1) is 14.6. The number of carbonyl (C=O) groups is 2. The topological polar surface area (TPSA) is 78.9 Å². The highest BCUT2D eigenvalue weighted by Gasteiger charge is 2.49. The van der Waals surface area contributed by atoms with Crippen molar-refractivity contribution in [1.29, 1.82) is 0 Å². The molecule has 0 radical (unpaired) electrons. The molecule has 2 aliphatic heterocycles. The largest absolute Gasteiger partial charge is 0.480 e. The Hall–Kier alpha value is -1.30. The van der Waals surface area contributed by atoms with Gasteiger partial charge in [-0.2, -0.15) is 0 Å². The summed E-state index contributed by atoms with van der Waals surface area (Å²) in [6.07, 6.45) is 5.17. The van der Waals surface area contributed by atoms with Gasteiger partial charge in [-0.1, -0.05) is 6.42 Å². The van der Waals surface area contributed by atoms with Gasteiger partial charge in [-0.25, -0.2) is 9.59 Å². The highest BCUT2D eigenvalue weighted by Crippen LogP contribution is 2.42. The van der Waals surface area contributed by atoms with E-state index in [-0.39, 0.29) is 11.9 Å². The molecule has 3 fully saturated rings. The predicted octanol–water partition coefficient (Wildman–Crippen LogP) is 1.31. The molecule has 0 bridgehead atoms. The third kappa shape index (κ3) is 3.00. The summed E-state index contributed by atoms with van der Waals surface area (Å²) in [5.41, 5.74) is 0. The molecule has 4 unspecified atom stereocenters. The summed E-state index contributed by atoms with van der Waals surface area (Å²) in [5, 5.41) is 12.4. The van der Waals surface area contributed by atoms with Crippen LogP contribution in [0.15, 0.2) is 0 Å². The molecule has 1 saturated carbocycles. The number of likely N-dealkylation sites (tertiary alicyclic amines) is 1. The van der Waals surface area contributed by atoms with E-state index in [1.165, 1.54) is 0 Å². The predicted molar refractivity (Wildman–Crippen MR) is 75.9 cm³/mol. The fraction of sp³-hybridized carbons (Fsp3) is 0.867. The van der Waals surface area contributed by atoms with Crippen LogP contribution >= 0.6 is 0 Å². The third-order valence-electron chi connectivity index (χ3n) is 5.20. The van der Waals surface area contributed by atoms with Crippen LogP contribution in [-0.4, -0.2) is 54.4 Å². The smallest absolute Gasteiger partial charge is 0.326 e. The van der Waals surface area contributed by atoms with Gasteiger partial charge in [0.1, 0.15) is 6.04 Å². The maximum atomic E-state index is 12.3. The maximum Gasteiger partial charge on any atom is 0.326 e. The molecular weight excluding hydrogens is 272 g/mol. The van der Waals surface area contributed by atoms with Crippen LogP contribution in [-0.2, 0) is 9.53 Å². The van der Waals surface area contributed by atoms with E-state index in [2.05, 4.69) is 5.32 Å². The van der Waals surface area contributed by atoms with Gasteiger partial charge in [0.25, 0.3) is 0 Å². The lowest BCUT2D eigenvalue weighted by Crippen LogP contribution is -2.49. The summed E-state index contributed by atoms with van der Waals surface area (Å²) in [5.74, 6) is 0.00904. The van der Waals surface area contributed by atoms with Crippen LogP contribution < -0.4 is 5.32 Å². The van der Waals surface area contributed by atoms with Crippen LogP contribution in [0.2, 0.25) is 0 Å². The molecule has 3 aliphatic rings. The minimum Gasteiger partial charge on any atom is -0.480 e. The third-order valence-corrected chi connectivity index (χ3v) is 5.20. The lowest BCUT2D eigenvalue weighted by molar-refractivity contribution is -0.142. The van der Waals surface area contributed by atoms with Gasteiger partial charge >= 0.3 is 12.0 Å². The minimum atomic E-state index is -0.861. The van der Waals surface area contributed by atoms with Crippen molar-refractivity contribution in [2.75, 3.05) is 26.3 Å². The standard InChI is InChI=1S/C15H24N2O4/c18-14(19)13-12-5-1-4-11(12)8-17(13)15(20)16-7-10-3-2-6-21-9-10/h10-13H,1-9H2,(H,16,20)(H,18,19). The van der Waals surface area contributed by atoms with E-state index in [1.807, 2.05) is 0 Å². The summed E-state index contributed by atoms with van der Waals surface area (Å²) in [4.78, 5) is 25.4. The van der Waals surface area contributed by atoms with Crippen molar-refractivity contribution in [3.05, 3.63) is 0 Å². The second-order valence-corrected chi connectivity index (χ2v) is 6.56. The van der Waals surface area contributed by atoms with Crippen molar-refractivity contribution < 1.29 is 19.4 Å². The van der Waals surface area contributed by atoms with Gasteiger partial charge in [-0.05, 0) is 43.4 Å². The van der Waals surface area contributed by atoms with E-state index in [9.17, 15) is 14.7 Å². The van der Waals surface area contributed by atoms with Gasteiger partial charge in [-0.15, -0.1) is 0 Å². The Morgan fingerprint density at radius 1 is 1.24 bits per heavy atom. The number of nitrogens with one attached hydrogen (secondary N) is 1. The molecule has 0 aromatic rings. The molecule has 6 nitrogen and oxygen atoms in total. The van der Waals surface area contributed by atoms with E-state index >= 15 is 0 Å². The highest BCUT2D eigenvalue weighted by molar-refractivity contribution is 5.83. The van der Waals surface area contributed by atoms with Gasteiger partial charge in [0.2, 0.25) is 0 Å². The quantitative estimate of drug-likeness (QED) is 0.823. The molecule has 0 aromatic carbocycles. The number of carbonyl (C=O) groups excluding carboxylic acids is 1. The highest BCUT2D eigenvalue weighted by atomic mass is 16.5. The number of amides is 2. The monoisotopic (exact) mass is 296 g/mol. The van der Waals surface area contributed by atoms with Crippen LogP contribution in [0.4, 0.5) is 4.79 Å². The molecule has 2 amide bonds. The first-order chi connectivity index (χ1) is 10.2. The molecule has 2 heterocycles. The van der Waals surface area contributed by atoms with E-state index < -0.39 is 12.0 Å². The summed E-state index contributed by atoms with van der Waals surface area (Å²) >= 11 is 0. The van der Waals surface area contributed by atoms with Crippen LogP contribution in [0.5, 0.6) is 0 Å². The lowest BCUT2D eigenvalue weighted by atomic mass is 9.94. The summed E-state index contributed by atoms with van der Waals surface area (Å²) in [7, 11) is 0. The average molecular weight is 296 g/mol. The first-order valence-corrected chi connectivity index (χ1v) is 8.02. The summed E-state index contributed by atoms with van der Waals surface area (Å²) < 4.78 is 5.40. The molecule has 118 valence electrons. The van der Waals surface area contributed by atoms with Crippen LogP contribution in [0, 0.1) is 17.8 Å². The minimum absolute atomic E-state index is 0.145. The summed E-state index contributed by atoms with van der Waals surface area (Å²) in [6, 6.07) is -0.859. The Labute approximate surface area is 124 Å². The number of rotatable bonds is 3. The average Bonchev–Trinajstić information content (AvgIpc) is 3.05. The van der Waals surface area contributed by atoms with Crippen molar-refractivity contribution in [3.8, 4) is 0 Å². The molecule has 3 rings (SSSR count). The van der Waals surface area contributed by atoms with Crippen LogP contribution in [0.1, 0.15) is 32.1 Å². The van der Waals surface area contributed by atoms with Gasteiger partial charge in [-0.3, -0.25) is 0 Å². The van der Waals surface area contributed by atoms with E-state index in [4.69, 9.17) is 4.74 Å². The molecule has 2 N–H and O–H groups in total. The number of nitrogens with zero attached hydrogens (tertiary/aromatic N) is 1. The Kier molecular flexibility index (Phi) is 4.33. The van der Waals surface area contributed by atoms with Crippen molar-refractivity contribution in [2.45, 2.75) is 38.1 Å². The number of fused-ring (bicyclic) bond motifs is 1. The van der Waals surface area contributed by atoms with E-state index in [1.54, 1.807) is 4.90 Å². The van der Waals surface area contributed by atoms with Crippen LogP contribution in [0.25, 0.3) is 0 Å². The molecule has 21 heavy (non-hydrogen) atoms. The van der Waals surface area contributed by atoms with Gasteiger partial charge in [0.15, 0.2) is 0 Å². The van der Waals surface area contributed by atoms with Gasteiger partial charge in [0, 0.05) is 19.7 Å². The Morgan fingerprint density at radius 2 is 2.10 bits per heavy atom. The molecule has 6 heteroatoms. The van der Waals surface area contributed by atoms with Gasteiger partial charge < -0.3 is 20.1 Å². The number of carboxylic acid groups (broad SMARTS) is 1. The molecule has 4 atom stereocenters. The number of carboxylic acids is 1. The number of aliphatic carboxylic acids is 1. The molecule has 2 saturated heterocycles. The van der Waals surface area contributed by atoms with Crippen molar-refractivity contribution in [3.63, 3.8) is 0 Å². The zero-order chi connectivity index (χ0) is 14.8. The molecule has 0 aromatic heterocycles. The number of hydrogen-bond donors (Lipinski definition) is 2. The van der Waals surface area contributed by atoms with Gasteiger partial charge in [0.05, 0.1) is 6.61 Å². The van der Waals surface area contributed by atoms with Crippen LogP contribution in [0.3, 0.4) is 0 Å². The normalized spacial score (nSPS) is 35.5. The lowest BCUT2D eigenvalue weighted by Gasteiger charge is -2.27. The van der Waals surface area contributed by atoms with Crippen molar-refractivity contribution >= 4 is 12.0 Å². The van der Waals surface area contributed by atoms with E-state index in [0.717, 1.165) is 38.7 Å². The second-order valence-electron chi connectivity index (χ2n) is 6.56. The zero-order valence-corrected chi connectivity index (χ0v) is 12.3. The number of ether oxygens (including phenoxy) is 1. The Balaban J connectivity index is 1.57. The fourth-order valence-electron chi connectivity index (χ4n) is 4.13. The fourth-order valence-corrected chi connectivity index (χ4v) is 4.13. The summed E-state index contributed by atoms with van der Waals surface area (Å²) in [6.45, 7) is 2.67. The SMILES string of the molecule is O=C(O)C1C2CCCC2CN1C(=O)NCC1CCCOC1. The molecular formula is C15H24N2O4. The number of hydrogen-bond acceptors (Lipinski definition) is 3. The molecule has 0 spiro atoms. The Morgan fingerprint density at radius 3 is 2.81 bits per heavy atom. The maximum absolute atomic E-state index is 12.3. The Bertz CT molecular complexity index is 408. The number of urea groups is 1. The first-order valence-electron chi connectivity index (χ1n) is 8.02. The zero-order valence-electron chi connectivity index (χ0n) is 12.3. The van der Waals surface area contributed by atoms with E-state index in [0.29, 0.717) is 31.5 Å². The van der Waals surface area contributed by atoms with Crippen molar-refractivity contribution in [2.24, 2.45) is 17.8 Å². The second kappa shape index (κ2) is 6.22.